The van der Waals surface area contributed by atoms with Crippen LogP contribution in [0.3, 0.4) is 0 Å². The molecule has 78 valence electrons. The summed E-state index contributed by atoms with van der Waals surface area (Å²) in [6.07, 6.45) is 1.95. The molecule has 0 unspecified atom stereocenters. The van der Waals surface area contributed by atoms with E-state index in [2.05, 4.69) is 15.9 Å². The lowest BCUT2D eigenvalue weighted by Crippen LogP contribution is -2.00. The maximum absolute atomic E-state index is 13.4. The second-order valence-electron chi connectivity index (χ2n) is 3.20. The summed E-state index contributed by atoms with van der Waals surface area (Å²) in [4.78, 5) is 0. The summed E-state index contributed by atoms with van der Waals surface area (Å²) in [5.74, 6) is -1.36. The van der Waals surface area contributed by atoms with E-state index in [1.165, 1.54) is 0 Å². The van der Waals surface area contributed by atoms with Crippen molar-refractivity contribution in [1.82, 2.24) is 0 Å². The van der Waals surface area contributed by atoms with E-state index in [9.17, 15) is 8.78 Å². The summed E-state index contributed by atoms with van der Waals surface area (Å²) in [5.41, 5.74) is 0.919. The van der Waals surface area contributed by atoms with Crippen LogP contribution in [-0.2, 0) is 12.8 Å². The van der Waals surface area contributed by atoms with Gasteiger partial charge in [-0.2, -0.15) is 0 Å². The third-order valence-corrected chi connectivity index (χ3v) is 2.52. The van der Waals surface area contributed by atoms with E-state index in [-0.39, 0.29) is 0 Å². The fourth-order valence-corrected chi connectivity index (χ4v) is 1.81. The predicted molar refractivity (Wildman–Crippen MR) is 57.9 cm³/mol. The van der Waals surface area contributed by atoms with E-state index < -0.39 is 11.6 Å². The van der Waals surface area contributed by atoms with Gasteiger partial charge in [0.05, 0.1) is 0 Å². The molecule has 0 saturated heterocycles. The van der Waals surface area contributed by atoms with E-state index in [1.807, 2.05) is 6.92 Å². The van der Waals surface area contributed by atoms with Crippen LogP contribution in [0.15, 0.2) is 12.1 Å². The lowest BCUT2D eigenvalue weighted by atomic mass is 10.0. The van der Waals surface area contributed by atoms with Crippen LogP contribution in [0.4, 0.5) is 8.78 Å². The van der Waals surface area contributed by atoms with Crippen molar-refractivity contribution in [2.45, 2.75) is 26.2 Å². The number of halogens is 3. The third-order valence-electron chi connectivity index (χ3n) is 2.13. The largest absolute Gasteiger partial charge is 0.203 e. The highest BCUT2D eigenvalue weighted by atomic mass is 79.9. The van der Waals surface area contributed by atoms with E-state index in [1.54, 1.807) is 12.1 Å². The number of aryl methyl sites for hydroxylation is 2. The first-order valence-electron chi connectivity index (χ1n) is 4.72. The van der Waals surface area contributed by atoms with Crippen molar-refractivity contribution < 1.29 is 8.78 Å². The molecule has 0 atom stereocenters. The normalized spacial score (nSPS) is 10.6. The predicted octanol–water partition coefficient (Wildman–Crippen LogP) is 3.85. The molecule has 0 aromatic heterocycles. The Morgan fingerprint density at radius 2 is 1.57 bits per heavy atom. The first-order valence-corrected chi connectivity index (χ1v) is 5.84. The minimum Gasteiger partial charge on any atom is -0.203 e. The second-order valence-corrected chi connectivity index (χ2v) is 3.99. The monoisotopic (exact) mass is 262 g/mol. The fraction of sp³-hybridized carbons (Fsp3) is 0.455. The van der Waals surface area contributed by atoms with Crippen molar-refractivity contribution in [2.75, 3.05) is 5.33 Å². The van der Waals surface area contributed by atoms with Gasteiger partial charge < -0.3 is 0 Å². The van der Waals surface area contributed by atoms with E-state index in [4.69, 9.17) is 0 Å². The molecule has 0 bridgehead atoms. The Labute approximate surface area is 91.5 Å². The highest BCUT2D eigenvalue weighted by Gasteiger charge is 2.11. The molecule has 0 spiro atoms. The SMILES string of the molecule is CCCc1ccc(CCBr)c(F)c1F. The average molecular weight is 263 g/mol. The van der Waals surface area contributed by atoms with Gasteiger partial charge in [0.1, 0.15) is 0 Å². The van der Waals surface area contributed by atoms with E-state index in [0.717, 1.165) is 6.42 Å². The lowest BCUT2D eigenvalue weighted by Gasteiger charge is -2.06. The van der Waals surface area contributed by atoms with Crippen molar-refractivity contribution >= 4 is 15.9 Å². The molecule has 0 saturated carbocycles. The van der Waals surface area contributed by atoms with Gasteiger partial charge in [-0.15, -0.1) is 0 Å². The molecule has 1 aromatic rings. The number of benzene rings is 1. The Morgan fingerprint density at radius 1 is 1.07 bits per heavy atom. The zero-order chi connectivity index (χ0) is 10.6. The molecule has 0 fully saturated rings. The van der Waals surface area contributed by atoms with Gasteiger partial charge in [0.25, 0.3) is 0 Å². The van der Waals surface area contributed by atoms with Gasteiger partial charge in [-0.05, 0) is 24.0 Å². The topological polar surface area (TPSA) is 0 Å². The Hall–Kier alpha value is -0.440. The van der Waals surface area contributed by atoms with Gasteiger partial charge in [0.2, 0.25) is 0 Å². The Balaban J connectivity index is 2.99. The van der Waals surface area contributed by atoms with Crippen LogP contribution in [0.2, 0.25) is 0 Å². The molecular weight excluding hydrogens is 250 g/mol. The van der Waals surface area contributed by atoms with Crippen LogP contribution in [0.25, 0.3) is 0 Å². The maximum Gasteiger partial charge on any atom is 0.162 e. The quantitative estimate of drug-likeness (QED) is 0.724. The highest BCUT2D eigenvalue weighted by molar-refractivity contribution is 9.09. The number of rotatable bonds is 4. The smallest absolute Gasteiger partial charge is 0.162 e. The minimum atomic E-state index is -0.685. The molecule has 0 amide bonds. The molecule has 1 rings (SSSR count). The highest BCUT2D eigenvalue weighted by Crippen LogP contribution is 2.18. The fourth-order valence-electron chi connectivity index (χ4n) is 1.39. The van der Waals surface area contributed by atoms with Crippen molar-refractivity contribution in [2.24, 2.45) is 0 Å². The van der Waals surface area contributed by atoms with Crippen LogP contribution in [0, 0.1) is 11.6 Å². The standard InChI is InChI=1S/C11H13BrF2/c1-2-3-8-4-5-9(6-7-12)11(14)10(8)13/h4-5H,2-3,6-7H2,1H3. The van der Waals surface area contributed by atoms with Gasteiger partial charge in [0, 0.05) is 5.33 Å². The number of hydrogen-bond donors (Lipinski definition) is 0. The Kier molecular flexibility index (Phi) is 4.52. The Morgan fingerprint density at radius 3 is 2.00 bits per heavy atom. The maximum atomic E-state index is 13.4. The van der Waals surface area contributed by atoms with Crippen LogP contribution >= 0.6 is 15.9 Å². The molecule has 0 N–H and O–H groups in total. The summed E-state index contributed by atoms with van der Waals surface area (Å²) in [7, 11) is 0. The molecule has 1 aromatic carbocycles. The lowest BCUT2D eigenvalue weighted by molar-refractivity contribution is 0.490. The molecule has 0 radical (unpaired) electrons. The average Bonchev–Trinajstić information content (AvgIpc) is 2.18. The van der Waals surface area contributed by atoms with Crippen LogP contribution in [-0.4, -0.2) is 5.33 Å². The van der Waals surface area contributed by atoms with E-state index >= 15 is 0 Å². The molecule has 0 aliphatic carbocycles. The molecule has 0 nitrogen and oxygen atoms in total. The molecule has 0 heterocycles. The van der Waals surface area contributed by atoms with Crippen molar-refractivity contribution in [3.05, 3.63) is 34.9 Å². The summed E-state index contributed by atoms with van der Waals surface area (Å²) in [5, 5.41) is 0.649. The summed E-state index contributed by atoms with van der Waals surface area (Å²) >= 11 is 3.20. The van der Waals surface area contributed by atoms with Crippen LogP contribution in [0.1, 0.15) is 24.5 Å². The van der Waals surface area contributed by atoms with Gasteiger partial charge in [0.15, 0.2) is 11.6 Å². The molecule has 14 heavy (non-hydrogen) atoms. The van der Waals surface area contributed by atoms with E-state index in [0.29, 0.717) is 29.3 Å². The van der Waals surface area contributed by atoms with Crippen molar-refractivity contribution in [3.63, 3.8) is 0 Å². The van der Waals surface area contributed by atoms with Crippen molar-refractivity contribution in [3.8, 4) is 0 Å². The minimum absolute atomic E-state index is 0.444. The molecule has 3 heteroatoms. The number of alkyl halides is 1. The zero-order valence-electron chi connectivity index (χ0n) is 8.12. The van der Waals surface area contributed by atoms with Gasteiger partial charge in [-0.25, -0.2) is 8.78 Å². The number of hydrogen-bond acceptors (Lipinski definition) is 0. The van der Waals surface area contributed by atoms with Gasteiger partial charge in [-0.1, -0.05) is 41.4 Å². The van der Waals surface area contributed by atoms with Crippen LogP contribution < -0.4 is 0 Å². The third kappa shape index (κ3) is 2.53. The summed E-state index contributed by atoms with van der Waals surface area (Å²) in [6.45, 7) is 1.95. The zero-order valence-corrected chi connectivity index (χ0v) is 9.70. The van der Waals surface area contributed by atoms with Crippen LogP contribution in [0.5, 0.6) is 0 Å². The Bertz CT molecular complexity index is 279. The second kappa shape index (κ2) is 5.44. The molecule has 0 aliphatic heterocycles. The molecular formula is C11H13BrF2. The van der Waals surface area contributed by atoms with Gasteiger partial charge >= 0.3 is 0 Å². The summed E-state index contributed by atoms with van der Waals surface area (Å²) < 4.78 is 26.8. The first-order chi connectivity index (χ1) is 6.70. The van der Waals surface area contributed by atoms with Crippen molar-refractivity contribution in [1.29, 1.82) is 0 Å². The first kappa shape index (κ1) is 11.6. The molecule has 0 aliphatic rings. The van der Waals surface area contributed by atoms with Gasteiger partial charge in [-0.3, -0.25) is 0 Å². The summed E-state index contributed by atoms with van der Waals surface area (Å²) in [6, 6.07) is 3.35.